The van der Waals surface area contributed by atoms with Gasteiger partial charge in [-0.1, -0.05) is 67.1 Å². The highest BCUT2D eigenvalue weighted by Crippen LogP contribution is 2.54. The summed E-state index contributed by atoms with van der Waals surface area (Å²) in [6.45, 7) is 2.55. The number of piperidine rings is 1. The third kappa shape index (κ3) is 3.87. The number of likely N-dealkylation sites (tertiary alicyclic amines) is 1. The third-order valence-electron chi connectivity index (χ3n) is 8.80. The molecule has 2 fully saturated rings. The van der Waals surface area contributed by atoms with Gasteiger partial charge >= 0.3 is 0 Å². The van der Waals surface area contributed by atoms with Crippen molar-refractivity contribution < 1.29 is 9.64 Å². The van der Waals surface area contributed by atoms with Crippen LogP contribution in [0.2, 0.25) is 0 Å². The highest BCUT2D eigenvalue weighted by molar-refractivity contribution is 5.60. The lowest BCUT2D eigenvalue weighted by molar-refractivity contribution is -0.989. The van der Waals surface area contributed by atoms with Crippen LogP contribution >= 0.6 is 0 Å². The van der Waals surface area contributed by atoms with Gasteiger partial charge in [0.2, 0.25) is 5.72 Å². The molecule has 33 heavy (non-hydrogen) atoms. The van der Waals surface area contributed by atoms with Crippen molar-refractivity contribution in [2.24, 2.45) is 5.92 Å². The number of ether oxygens (including phenoxy) is 1. The molecule has 0 bridgehead atoms. The van der Waals surface area contributed by atoms with Gasteiger partial charge in [-0.25, -0.2) is 0 Å². The Bertz CT molecular complexity index is 1020. The first kappa shape index (κ1) is 21.2. The summed E-state index contributed by atoms with van der Waals surface area (Å²) in [6, 6.07) is 22.3. The molecule has 172 valence electrons. The van der Waals surface area contributed by atoms with Gasteiger partial charge < -0.3 is 4.74 Å². The third-order valence-corrected chi connectivity index (χ3v) is 8.80. The van der Waals surface area contributed by atoms with Crippen LogP contribution in [0.1, 0.15) is 81.3 Å². The summed E-state index contributed by atoms with van der Waals surface area (Å²) in [6.07, 6.45) is 15.2. The second kappa shape index (κ2) is 9.14. The van der Waals surface area contributed by atoms with E-state index in [9.17, 15) is 0 Å². The Hall–Kier alpha value is -2.32. The lowest BCUT2D eigenvalue weighted by Crippen LogP contribution is -3.22. The molecule has 2 nitrogen and oxygen atoms in total. The van der Waals surface area contributed by atoms with Crippen molar-refractivity contribution in [2.45, 2.75) is 75.9 Å². The molecule has 2 heterocycles. The maximum Gasteiger partial charge on any atom is 0.245 e. The average molecular weight is 441 g/mol. The molecule has 2 aromatic carbocycles. The number of hydrogen-bond donors (Lipinski definition) is 1. The maximum absolute atomic E-state index is 7.43. The van der Waals surface area contributed by atoms with Crippen LogP contribution in [0.4, 0.5) is 0 Å². The van der Waals surface area contributed by atoms with Crippen molar-refractivity contribution in [3.05, 3.63) is 88.7 Å². The standard InChI is InChI=1S/C31H37NO/c1-4-13-24(14-5-1)23-26-17-12-18-27-29(25-15-6-2-7-16-25)28-19-8-9-20-31(28,33-30(26)27)32-21-10-3-11-22-32/h1-2,4-7,13-16,23,28-29H,3,8-12,17-22H2/p+1/t28-,29+,31-/m1/s1. The van der Waals surface area contributed by atoms with Crippen LogP contribution in [0.25, 0.3) is 6.08 Å². The molecule has 4 aliphatic rings. The van der Waals surface area contributed by atoms with Crippen LogP contribution in [0.3, 0.4) is 0 Å². The quantitative estimate of drug-likeness (QED) is 0.593. The number of hydrogen-bond acceptors (Lipinski definition) is 1. The molecule has 0 aromatic heterocycles. The van der Waals surface area contributed by atoms with Crippen LogP contribution in [0.15, 0.2) is 77.6 Å². The number of allylic oxidation sites excluding steroid dienone is 2. The van der Waals surface area contributed by atoms with E-state index < -0.39 is 0 Å². The predicted octanol–water partition coefficient (Wildman–Crippen LogP) is 6.28. The van der Waals surface area contributed by atoms with E-state index in [4.69, 9.17) is 4.74 Å². The topological polar surface area (TPSA) is 13.7 Å². The molecule has 2 heteroatoms. The Labute approximate surface area is 199 Å². The summed E-state index contributed by atoms with van der Waals surface area (Å²) in [5.41, 5.74) is 5.79. The lowest BCUT2D eigenvalue weighted by atomic mass is 9.64. The number of quaternary nitrogens is 1. The fourth-order valence-electron chi connectivity index (χ4n) is 7.38. The second-order valence-electron chi connectivity index (χ2n) is 10.7. The summed E-state index contributed by atoms with van der Waals surface area (Å²) in [5, 5.41) is 0. The highest BCUT2D eigenvalue weighted by Gasteiger charge is 2.59. The normalized spacial score (nSPS) is 31.6. The molecule has 2 aromatic rings. The highest BCUT2D eigenvalue weighted by atomic mass is 16.5. The molecule has 0 unspecified atom stereocenters. The zero-order valence-electron chi connectivity index (χ0n) is 19.9. The zero-order chi connectivity index (χ0) is 22.1. The van der Waals surface area contributed by atoms with Crippen molar-refractivity contribution in [1.29, 1.82) is 0 Å². The maximum atomic E-state index is 7.43. The van der Waals surface area contributed by atoms with Crippen LogP contribution in [-0.2, 0) is 4.74 Å². The van der Waals surface area contributed by atoms with Gasteiger partial charge in [0.1, 0.15) is 5.76 Å². The summed E-state index contributed by atoms with van der Waals surface area (Å²) >= 11 is 0. The van der Waals surface area contributed by atoms with E-state index in [1.807, 2.05) is 0 Å². The second-order valence-corrected chi connectivity index (χ2v) is 10.7. The van der Waals surface area contributed by atoms with Gasteiger partial charge in [-0.2, -0.15) is 0 Å². The van der Waals surface area contributed by atoms with Crippen molar-refractivity contribution in [3.8, 4) is 0 Å². The fraction of sp³-hybridized carbons (Fsp3) is 0.484. The van der Waals surface area contributed by atoms with Crippen molar-refractivity contribution in [3.63, 3.8) is 0 Å². The van der Waals surface area contributed by atoms with E-state index in [1.165, 1.54) is 93.3 Å². The van der Waals surface area contributed by atoms with Gasteiger partial charge in [0.05, 0.1) is 19.0 Å². The lowest BCUT2D eigenvalue weighted by Gasteiger charge is -2.55. The largest absolute Gasteiger partial charge is 0.440 e. The van der Waals surface area contributed by atoms with Gasteiger partial charge in [-0.3, -0.25) is 4.90 Å². The van der Waals surface area contributed by atoms with Gasteiger partial charge in [0, 0.05) is 12.3 Å². The molecule has 0 amide bonds. The number of rotatable bonds is 3. The summed E-state index contributed by atoms with van der Waals surface area (Å²) in [7, 11) is 0. The van der Waals surface area contributed by atoms with Crippen LogP contribution < -0.4 is 4.90 Å². The first-order valence-electron chi connectivity index (χ1n) is 13.4. The van der Waals surface area contributed by atoms with Gasteiger partial charge in [-0.05, 0) is 79.7 Å². The van der Waals surface area contributed by atoms with Gasteiger partial charge in [0.25, 0.3) is 0 Å². The van der Waals surface area contributed by atoms with Crippen LogP contribution in [0.5, 0.6) is 0 Å². The Balaban J connectivity index is 1.51. The number of benzene rings is 2. The first-order chi connectivity index (χ1) is 16.4. The van der Waals surface area contributed by atoms with Crippen molar-refractivity contribution in [1.82, 2.24) is 0 Å². The molecule has 6 rings (SSSR count). The number of nitrogens with one attached hydrogen (secondary N) is 1. The van der Waals surface area contributed by atoms with E-state index in [-0.39, 0.29) is 5.72 Å². The molecule has 1 saturated carbocycles. The Morgan fingerprint density at radius 2 is 1.55 bits per heavy atom. The number of fused-ring (bicyclic) bond motifs is 1. The minimum atomic E-state index is -0.0505. The molecule has 1 N–H and O–H groups in total. The Morgan fingerprint density at radius 1 is 0.788 bits per heavy atom. The Kier molecular flexibility index (Phi) is 5.88. The van der Waals surface area contributed by atoms with E-state index in [1.54, 1.807) is 10.5 Å². The molecule has 0 radical (unpaired) electrons. The average Bonchev–Trinajstić information content (AvgIpc) is 2.89. The molecular formula is C31H38NO+. The first-order valence-corrected chi connectivity index (χ1v) is 13.4. The van der Waals surface area contributed by atoms with E-state index >= 15 is 0 Å². The SMILES string of the molecule is C(=C1CCCC2=C1O[C@]1([NH+]3CCCCC3)CCCC[C@@H]1[C@H]2c1ccccc1)c1ccccc1. The molecule has 3 atom stereocenters. The molecule has 2 aliphatic carbocycles. The smallest absolute Gasteiger partial charge is 0.245 e. The van der Waals surface area contributed by atoms with Gasteiger partial charge in [-0.15, -0.1) is 0 Å². The van der Waals surface area contributed by atoms with E-state index in [0.29, 0.717) is 11.8 Å². The minimum Gasteiger partial charge on any atom is -0.440 e. The predicted molar refractivity (Wildman–Crippen MR) is 135 cm³/mol. The molecule has 2 aliphatic heterocycles. The minimum absolute atomic E-state index is 0.0505. The fourth-order valence-corrected chi connectivity index (χ4v) is 7.38. The summed E-state index contributed by atoms with van der Waals surface area (Å²) in [5.74, 6) is 2.37. The van der Waals surface area contributed by atoms with Crippen LogP contribution in [0, 0.1) is 5.92 Å². The van der Waals surface area contributed by atoms with E-state index in [2.05, 4.69) is 66.7 Å². The zero-order valence-corrected chi connectivity index (χ0v) is 19.9. The van der Waals surface area contributed by atoms with Crippen molar-refractivity contribution in [2.75, 3.05) is 13.1 Å². The van der Waals surface area contributed by atoms with Crippen LogP contribution in [-0.4, -0.2) is 18.8 Å². The Morgan fingerprint density at radius 3 is 2.33 bits per heavy atom. The molecular weight excluding hydrogens is 402 g/mol. The van der Waals surface area contributed by atoms with Gasteiger partial charge in [0.15, 0.2) is 0 Å². The summed E-state index contributed by atoms with van der Waals surface area (Å²) < 4.78 is 7.43. The molecule has 1 saturated heterocycles. The molecule has 0 spiro atoms. The monoisotopic (exact) mass is 440 g/mol. The van der Waals surface area contributed by atoms with Crippen molar-refractivity contribution >= 4 is 6.08 Å². The van der Waals surface area contributed by atoms with E-state index in [0.717, 1.165) is 6.42 Å². The summed E-state index contributed by atoms with van der Waals surface area (Å²) in [4.78, 5) is 1.75.